The van der Waals surface area contributed by atoms with Crippen molar-refractivity contribution < 1.29 is 34.2 Å². The average Bonchev–Trinajstić information content (AvgIpc) is 3.37. The molecule has 1 heterocycles. The van der Waals surface area contributed by atoms with Crippen LogP contribution in [-0.2, 0) is 30.4 Å². The molecule has 5 N–H and O–H groups in total. The first kappa shape index (κ1) is 31.6. The number of phenols is 1. The van der Waals surface area contributed by atoms with Gasteiger partial charge in [0.25, 0.3) is 0 Å². The lowest BCUT2D eigenvalue weighted by molar-refractivity contribution is -0.143. The minimum atomic E-state index is -1.16. The van der Waals surface area contributed by atoms with E-state index in [0.717, 1.165) is 0 Å². The summed E-state index contributed by atoms with van der Waals surface area (Å²) in [5, 5.41) is 27.3. The standard InChI is InChI=1S/C28H42N4O7/c1-6-17(4)24(27(37)30-22(28(38)39)14-16(2)3)31-25(35)21(15-19-9-11-20(34)12-10-19)29-26(36)23-8-7-13-32(23)18(5)33/h9-12,16-17,21-24,34H,6-8,13-15H2,1-5H3,(H,29,36)(H,30,37)(H,31,35)(H,38,39). The average molecular weight is 547 g/mol. The molecule has 0 spiro atoms. The molecule has 11 nitrogen and oxygen atoms in total. The van der Waals surface area contributed by atoms with Crippen LogP contribution in [0.25, 0.3) is 0 Å². The van der Waals surface area contributed by atoms with Gasteiger partial charge in [-0.15, -0.1) is 0 Å². The van der Waals surface area contributed by atoms with Crippen LogP contribution >= 0.6 is 0 Å². The number of hydrogen-bond acceptors (Lipinski definition) is 6. The van der Waals surface area contributed by atoms with E-state index >= 15 is 0 Å². The van der Waals surface area contributed by atoms with Crippen LogP contribution in [0.1, 0.15) is 65.9 Å². The van der Waals surface area contributed by atoms with Crippen molar-refractivity contribution in [2.45, 2.75) is 90.9 Å². The second-order valence-electron chi connectivity index (χ2n) is 10.7. The van der Waals surface area contributed by atoms with Crippen LogP contribution < -0.4 is 16.0 Å². The van der Waals surface area contributed by atoms with Crippen LogP contribution in [0.3, 0.4) is 0 Å². The lowest BCUT2D eigenvalue weighted by Gasteiger charge is -2.29. The number of carbonyl (C=O) groups excluding carboxylic acids is 4. The summed E-state index contributed by atoms with van der Waals surface area (Å²) in [6, 6.07) is 2.28. The van der Waals surface area contributed by atoms with Gasteiger partial charge in [-0.05, 0) is 48.8 Å². The van der Waals surface area contributed by atoms with Gasteiger partial charge in [0.15, 0.2) is 0 Å². The summed E-state index contributed by atoms with van der Waals surface area (Å²) in [7, 11) is 0. The number of rotatable bonds is 13. The van der Waals surface area contributed by atoms with Gasteiger partial charge in [0.2, 0.25) is 23.6 Å². The predicted molar refractivity (Wildman–Crippen MR) is 145 cm³/mol. The molecule has 1 aromatic carbocycles. The Morgan fingerprint density at radius 2 is 1.62 bits per heavy atom. The van der Waals surface area contributed by atoms with E-state index < -0.39 is 47.9 Å². The minimum Gasteiger partial charge on any atom is -0.508 e. The van der Waals surface area contributed by atoms with E-state index in [1.54, 1.807) is 19.1 Å². The first-order valence-corrected chi connectivity index (χ1v) is 13.5. The monoisotopic (exact) mass is 546 g/mol. The smallest absolute Gasteiger partial charge is 0.326 e. The predicted octanol–water partition coefficient (Wildman–Crippen LogP) is 1.58. The number of phenolic OH excluding ortho intramolecular Hbond substituents is 1. The maximum absolute atomic E-state index is 13.6. The van der Waals surface area contributed by atoms with Crippen LogP contribution in [0, 0.1) is 11.8 Å². The highest BCUT2D eigenvalue weighted by atomic mass is 16.4. The van der Waals surface area contributed by atoms with Crippen molar-refractivity contribution in [3.63, 3.8) is 0 Å². The Labute approximate surface area is 229 Å². The maximum Gasteiger partial charge on any atom is 0.326 e. The number of carboxylic acid groups (broad SMARTS) is 1. The number of nitrogens with zero attached hydrogens (tertiary/aromatic N) is 1. The summed E-state index contributed by atoms with van der Waals surface area (Å²) in [6.45, 7) is 9.19. The number of amides is 4. The molecule has 2 rings (SSSR count). The topological polar surface area (TPSA) is 165 Å². The highest BCUT2D eigenvalue weighted by Gasteiger charge is 2.36. The van der Waals surface area contributed by atoms with Gasteiger partial charge in [0, 0.05) is 19.9 Å². The molecule has 0 aliphatic carbocycles. The van der Waals surface area contributed by atoms with Crippen molar-refractivity contribution in [2.75, 3.05) is 6.54 Å². The van der Waals surface area contributed by atoms with E-state index in [1.165, 1.54) is 24.0 Å². The molecular weight excluding hydrogens is 504 g/mol. The fourth-order valence-corrected chi connectivity index (χ4v) is 4.67. The van der Waals surface area contributed by atoms with Crippen LogP contribution in [0.2, 0.25) is 0 Å². The Morgan fingerprint density at radius 1 is 0.974 bits per heavy atom. The Hall–Kier alpha value is -3.63. The third-order valence-corrected chi connectivity index (χ3v) is 7.08. The number of carbonyl (C=O) groups is 5. The zero-order valence-corrected chi connectivity index (χ0v) is 23.4. The summed E-state index contributed by atoms with van der Waals surface area (Å²) >= 11 is 0. The van der Waals surface area contributed by atoms with Gasteiger partial charge in [-0.1, -0.05) is 46.2 Å². The number of benzene rings is 1. The normalized spacial score (nSPS) is 18.1. The quantitative estimate of drug-likeness (QED) is 0.251. The molecule has 4 amide bonds. The number of hydrogen-bond donors (Lipinski definition) is 5. The van der Waals surface area contributed by atoms with E-state index in [0.29, 0.717) is 31.4 Å². The molecule has 0 radical (unpaired) electrons. The van der Waals surface area contributed by atoms with Crippen LogP contribution in [0.5, 0.6) is 5.75 Å². The van der Waals surface area contributed by atoms with Gasteiger partial charge in [0.1, 0.15) is 29.9 Å². The Bertz CT molecular complexity index is 1030. The first-order chi connectivity index (χ1) is 18.3. The number of aliphatic carboxylic acids is 1. The fourth-order valence-electron chi connectivity index (χ4n) is 4.67. The van der Waals surface area contributed by atoms with E-state index in [-0.39, 0.29) is 36.3 Å². The zero-order valence-electron chi connectivity index (χ0n) is 23.4. The third kappa shape index (κ3) is 9.26. The summed E-state index contributed by atoms with van der Waals surface area (Å²) < 4.78 is 0. The largest absolute Gasteiger partial charge is 0.508 e. The van der Waals surface area contributed by atoms with Gasteiger partial charge in [-0.25, -0.2) is 4.79 Å². The van der Waals surface area contributed by atoms with Crippen LogP contribution in [-0.4, -0.2) is 75.4 Å². The third-order valence-electron chi connectivity index (χ3n) is 7.08. The van der Waals surface area contributed by atoms with E-state index in [1.807, 2.05) is 20.8 Å². The molecule has 1 saturated heterocycles. The maximum atomic E-state index is 13.6. The SMILES string of the molecule is CCC(C)C(NC(=O)C(Cc1ccc(O)cc1)NC(=O)C1CCCN1C(C)=O)C(=O)NC(CC(C)C)C(=O)O. The summed E-state index contributed by atoms with van der Waals surface area (Å²) in [6.07, 6.45) is 1.98. The molecule has 39 heavy (non-hydrogen) atoms. The van der Waals surface area contributed by atoms with Crippen LogP contribution in [0.15, 0.2) is 24.3 Å². The first-order valence-electron chi connectivity index (χ1n) is 13.5. The number of carboxylic acids is 1. The molecule has 0 saturated carbocycles. The fraction of sp³-hybridized carbons (Fsp3) is 0.607. The van der Waals surface area contributed by atoms with E-state index in [4.69, 9.17) is 0 Å². The molecule has 11 heteroatoms. The second-order valence-corrected chi connectivity index (χ2v) is 10.7. The van der Waals surface area contributed by atoms with Crippen LogP contribution in [0.4, 0.5) is 0 Å². The second kappa shape index (κ2) is 14.5. The molecule has 1 aromatic rings. The van der Waals surface area contributed by atoms with Crippen molar-refractivity contribution in [3.05, 3.63) is 29.8 Å². The van der Waals surface area contributed by atoms with E-state index in [9.17, 15) is 34.2 Å². The minimum absolute atomic E-state index is 0.0260. The van der Waals surface area contributed by atoms with Gasteiger partial charge < -0.3 is 31.1 Å². The molecule has 0 aromatic heterocycles. The van der Waals surface area contributed by atoms with Gasteiger partial charge in [-0.3, -0.25) is 19.2 Å². The van der Waals surface area contributed by atoms with Gasteiger partial charge in [-0.2, -0.15) is 0 Å². The molecule has 1 aliphatic rings. The lowest BCUT2D eigenvalue weighted by Crippen LogP contribution is -2.59. The molecule has 5 unspecified atom stereocenters. The Morgan fingerprint density at radius 3 is 2.15 bits per heavy atom. The molecule has 0 bridgehead atoms. The van der Waals surface area contributed by atoms with Crippen molar-refractivity contribution in [1.82, 2.24) is 20.9 Å². The molecule has 1 aliphatic heterocycles. The Kier molecular flexibility index (Phi) is 11.7. The Balaban J connectivity index is 2.28. The molecule has 5 atom stereocenters. The number of likely N-dealkylation sites (tertiary alicyclic amines) is 1. The molecule has 1 fully saturated rings. The molecular formula is C28H42N4O7. The van der Waals surface area contributed by atoms with Crippen molar-refractivity contribution in [3.8, 4) is 5.75 Å². The lowest BCUT2D eigenvalue weighted by atomic mass is 9.96. The highest BCUT2D eigenvalue weighted by molar-refractivity contribution is 5.95. The summed E-state index contributed by atoms with van der Waals surface area (Å²) in [5.74, 6) is -3.32. The molecule has 216 valence electrons. The van der Waals surface area contributed by atoms with Gasteiger partial charge in [0.05, 0.1) is 0 Å². The number of aromatic hydroxyl groups is 1. The van der Waals surface area contributed by atoms with Gasteiger partial charge >= 0.3 is 5.97 Å². The highest BCUT2D eigenvalue weighted by Crippen LogP contribution is 2.19. The van der Waals surface area contributed by atoms with Crippen molar-refractivity contribution in [2.24, 2.45) is 11.8 Å². The van der Waals surface area contributed by atoms with Crippen molar-refractivity contribution in [1.29, 1.82) is 0 Å². The van der Waals surface area contributed by atoms with Crippen molar-refractivity contribution >= 4 is 29.6 Å². The number of nitrogens with one attached hydrogen (secondary N) is 3. The zero-order chi connectivity index (χ0) is 29.3. The van der Waals surface area contributed by atoms with E-state index in [2.05, 4.69) is 16.0 Å². The summed E-state index contributed by atoms with van der Waals surface area (Å²) in [5.41, 5.74) is 0.663. The summed E-state index contributed by atoms with van der Waals surface area (Å²) in [4.78, 5) is 65.1.